The minimum absolute atomic E-state index is 0.0493. The molecule has 0 aromatic heterocycles. The molecule has 1 aliphatic rings. The van der Waals surface area contributed by atoms with Gasteiger partial charge < -0.3 is 4.74 Å². The summed E-state index contributed by atoms with van der Waals surface area (Å²) in [6, 6.07) is 3.09. The van der Waals surface area contributed by atoms with Crippen LogP contribution in [0.4, 0.5) is 4.39 Å². The molecule has 0 radical (unpaired) electrons. The molecule has 0 atom stereocenters. The van der Waals surface area contributed by atoms with Gasteiger partial charge in [-0.1, -0.05) is 53.5 Å². The van der Waals surface area contributed by atoms with E-state index in [4.69, 9.17) is 17.0 Å². The number of carbonyl (C=O) groups is 2. The molecule has 1 saturated carbocycles. The number of rotatable bonds is 7. The highest BCUT2D eigenvalue weighted by Crippen LogP contribution is 2.42. The molecule has 1 fully saturated rings. The van der Waals surface area contributed by atoms with Gasteiger partial charge in [-0.15, -0.1) is 0 Å². The van der Waals surface area contributed by atoms with Gasteiger partial charge in [0.15, 0.2) is 0 Å². The average Bonchev–Trinajstić information content (AvgIpc) is 2.57. The number of halogens is 2. The molecule has 0 unspecified atom stereocenters. The molecule has 6 heteroatoms. The van der Waals surface area contributed by atoms with Crippen LogP contribution in [0.3, 0.4) is 0 Å². The van der Waals surface area contributed by atoms with Crippen LogP contribution in [0, 0.1) is 11.2 Å². The summed E-state index contributed by atoms with van der Waals surface area (Å²) in [5.41, 5.74) is 0.585. The van der Waals surface area contributed by atoms with Crippen LogP contribution < -0.4 is 0 Å². The van der Waals surface area contributed by atoms with Crippen molar-refractivity contribution in [3.63, 3.8) is 0 Å². The third-order valence-corrected chi connectivity index (χ3v) is 5.69. The van der Waals surface area contributed by atoms with Crippen LogP contribution in [0.25, 0.3) is 0 Å². The van der Waals surface area contributed by atoms with E-state index in [9.17, 15) is 14.0 Å². The van der Waals surface area contributed by atoms with Gasteiger partial charge in [0.05, 0.1) is 5.41 Å². The van der Waals surface area contributed by atoms with E-state index in [0.717, 1.165) is 37.7 Å². The number of hydrogen-bond acceptors (Lipinski definition) is 4. The molecule has 1 aromatic carbocycles. The van der Waals surface area contributed by atoms with Gasteiger partial charge in [-0.2, -0.15) is 0 Å². The first-order chi connectivity index (χ1) is 12.2. The van der Waals surface area contributed by atoms with E-state index in [1.54, 1.807) is 13.0 Å². The normalized spacial score (nSPS) is 16.2. The highest BCUT2D eigenvalue weighted by atomic mass is 79.9. The van der Waals surface area contributed by atoms with E-state index in [0.29, 0.717) is 21.3 Å². The van der Waals surface area contributed by atoms with Gasteiger partial charge >= 0.3 is 5.97 Å². The Kier molecular flexibility index (Phi) is 7.47. The van der Waals surface area contributed by atoms with Crippen molar-refractivity contribution in [2.24, 2.45) is 5.41 Å². The first-order valence-electron chi connectivity index (χ1n) is 8.86. The Morgan fingerprint density at radius 1 is 1.19 bits per heavy atom. The van der Waals surface area contributed by atoms with Crippen molar-refractivity contribution in [2.75, 3.05) is 6.61 Å². The molecule has 0 N–H and O–H groups in total. The van der Waals surface area contributed by atoms with Crippen molar-refractivity contribution < 1.29 is 18.7 Å². The molecule has 0 heterocycles. The summed E-state index contributed by atoms with van der Waals surface area (Å²) in [4.78, 5) is 24.9. The topological polar surface area (TPSA) is 43.4 Å². The summed E-state index contributed by atoms with van der Waals surface area (Å²) in [6.45, 7) is 3.34. The molecule has 2 rings (SSSR count). The van der Waals surface area contributed by atoms with Gasteiger partial charge in [0, 0.05) is 15.8 Å². The second-order valence-electron chi connectivity index (χ2n) is 7.21. The molecule has 3 nitrogen and oxygen atoms in total. The van der Waals surface area contributed by atoms with Crippen molar-refractivity contribution in [3.8, 4) is 0 Å². The zero-order valence-electron chi connectivity index (χ0n) is 15.2. The molecule has 1 aromatic rings. The van der Waals surface area contributed by atoms with E-state index in [1.165, 1.54) is 13.0 Å². The fourth-order valence-electron chi connectivity index (χ4n) is 3.55. The number of esters is 1. The number of benzene rings is 1. The molecular weight excluding hydrogens is 419 g/mol. The minimum atomic E-state index is -0.614. The van der Waals surface area contributed by atoms with Crippen LogP contribution in [0.5, 0.6) is 0 Å². The van der Waals surface area contributed by atoms with Crippen molar-refractivity contribution in [2.45, 2.75) is 58.8 Å². The van der Waals surface area contributed by atoms with Gasteiger partial charge in [0.1, 0.15) is 18.2 Å². The van der Waals surface area contributed by atoms with E-state index in [1.807, 2.05) is 0 Å². The highest BCUT2D eigenvalue weighted by molar-refractivity contribution is 9.10. The van der Waals surface area contributed by atoms with Crippen LogP contribution in [0.15, 0.2) is 16.6 Å². The average molecular weight is 443 g/mol. The lowest BCUT2D eigenvalue weighted by atomic mass is 9.70. The zero-order chi connectivity index (χ0) is 19.3. The summed E-state index contributed by atoms with van der Waals surface area (Å²) < 4.78 is 20.2. The van der Waals surface area contributed by atoms with Gasteiger partial charge in [0.25, 0.3) is 0 Å². The van der Waals surface area contributed by atoms with E-state index in [-0.39, 0.29) is 24.8 Å². The Bertz CT molecular complexity index is 711. The Balaban J connectivity index is 2.31. The second kappa shape index (κ2) is 9.18. The second-order valence-corrected chi connectivity index (χ2v) is 8.76. The van der Waals surface area contributed by atoms with Crippen molar-refractivity contribution in [1.82, 2.24) is 0 Å². The van der Waals surface area contributed by atoms with Crippen LogP contribution >= 0.6 is 28.1 Å². The number of thiocarbonyl (C=S) groups is 1. The SMILES string of the molecule is CC(=O)Cc1cc(CC2(C(=O)OCC(C)=S)CCCCC2)c(Br)cc1F. The number of Topliss-reactive ketones (excluding diaryl/α,β-unsaturated/α-hetero) is 1. The summed E-state index contributed by atoms with van der Waals surface area (Å²) in [5, 5.41) is 0. The van der Waals surface area contributed by atoms with Crippen LogP contribution in [-0.4, -0.2) is 23.2 Å². The largest absolute Gasteiger partial charge is 0.460 e. The predicted octanol–water partition coefficient (Wildman–Crippen LogP) is 5.15. The van der Waals surface area contributed by atoms with Crippen molar-refractivity contribution >= 4 is 44.8 Å². The molecular formula is C20H24BrFO3S. The van der Waals surface area contributed by atoms with Crippen LogP contribution in [0.2, 0.25) is 0 Å². The lowest BCUT2D eigenvalue weighted by molar-refractivity contribution is -0.156. The number of carbonyl (C=O) groups excluding carboxylic acids is 2. The van der Waals surface area contributed by atoms with Gasteiger partial charge in [-0.05, 0) is 50.3 Å². The molecule has 0 spiro atoms. The van der Waals surface area contributed by atoms with Gasteiger partial charge in [-0.25, -0.2) is 4.39 Å². The lowest BCUT2D eigenvalue weighted by Crippen LogP contribution is -2.38. The Hall–Kier alpha value is -1.14. The molecule has 0 aliphatic heterocycles. The molecule has 1 aliphatic carbocycles. The number of ketones is 1. The van der Waals surface area contributed by atoms with Gasteiger partial charge in [-0.3, -0.25) is 9.59 Å². The monoisotopic (exact) mass is 442 g/mol. The summed E-state index contributed by atoms with van der Waals surface area (Å²) in [5.74, 6) is -0.737. The third-order valence-electron chi connectivity index (χ3n) is 4.83. The fraction of sp³-hybridized carbons (Fsp3) is 0.550. The number of ether oxygens (including phenoxy) is 1. The van der Waals surface area contributed by atoms with Crippen LogP contribution in [-0.2, 0) is 27.2 Å². The van der Waals surface area contributed by atoms with Crippen LogP contribution in [0.1, 0.15) is 57.1 Å². The smallest absolute Gasteiger partial charge is 0.312 e. The molecule has 0 bridgehead atoms. The van der Waals surface area contributed by atoms with E-state index >= 15 is 0 Å². The minimum Gasteiger partial charge on any atom is -0.460 e. The maximum absolute atomic E-state index is 14.1. The predicted molar refractivity (Wildman–Crippen MR) is 107 cm³/mol. The quantitative estimate of drug-likeness (QED) is 0.432. The van der Waals surface area contributed by atoms with Crippen molar-refractivity contribution in [1.29, 1.82) is 0 Å². The van der Waals surface area contributed by atoms with Gasteiger partial charge in [0.2, 0.25) is 0 Å². The standard InChI is InChI=1S/C20H24BrFO3S/c1-13(23)8-15-9-16(17(21)10-18(15)22)11-20(6-4-3-5-7-20)19(24)25-12-14(2)26/h9-10H,3-8,11-12H2,1-2H3. The van der Waals surface area contributed by atoms with E-state index in [2.05, 4.69) is 15.9 Å². The van der Waals surface area contributed by atoms with E-state index < -0.39 is 11.2 Å². The summed E-state index contributed by atoms with van der Waals surface area (Å²) >= 11 is 8.43. The lowest BCUT2D eigenvalue weighted by Gasteiger charge is -2.35. The zero-order valence-corrected chi connectivity index (χ0v) is 17.6. The Labute approximate surface area is 167 Å². The Morgan fingerprint density at radius 3 is 2.42 bits per heavy atom. The molecule has 0 saturated heterocycles. The molecule has 26 heavy (non-hydrogen) atoms. The summed E-state index contributed by atoms with van der Waals surface area (Å²) in [6.07, 6.45) is 5.03. The first kappa shape index (κ1) is 21.2. The van der Waals surface area contributed by atoms with Crippen molar-refractivity contribution in [3.05, 3.63) is 33.5 Å². The third kappa shape index (κ3) is 5.43. The fourth-order valence-corrected chi connectivity index (χ4v) is 4.07. The Morgan fingerprint density at radius 2 is 1.85 bits per heavy atom. The number of hydrogen-bond donors (Lipinski definition) is 0. The molecule has 0 amide bonds. The maximum Gasteiger partial charge on any atom is 0.312 e. The first-order valence-corrected chi connectivity index (χ1v) is 10.1. The molecule has 142 valence electrons. The maximum atomic E-state index is 14.1. The summed E-state index contributed by atoms with van der Waals surface area (Å²) in [7, 11) is 0. The highest BCUT2D eigenvalue weighted by Gasteiger charge is 2.41.